The number of nitriles is 1. The molecule has 0 aliphatic rings. The summed E-state index contributed by atoms with van der Waals surface area (Å²) in [4.78, 5) is 41.1. The van der Waals surface area contributed by atoms with E-state index in [0.29, 0.717) is 23.0 Å². The van der Waals surface area contributed by atoms with E-state index in [4.69, 9.17) is 5.26 Å². The van der Waals surface area contributed by atoms with E-state index >= 15 is 0 Å². The van der Waals surface area contributed by atoms with Crippen molar-refractivity contribution in [2.24, 2.45) is 0 Å². The topological polar surface area (TPSA) is 99.0 Å². The molecular weight excluding hydrogens is 308 g/mol. The minimum absolute atomic E-state index is 0.0614. The van der Waals surface area contributed by atoms with E-state index in [1.54, 1.807) is 24.0 Å². The van der Waals surface area contributed by atoms with E-state index in [1.807, 2.05) is 19.9 Å². The summed E-state index contributed by atoms with van der Waals surface area (Å²) in [6.07, 6.45) is 0.246. The molecule has 0 saturated heterocycles. The third-order valence-corrected chi connectivity index (χ3v) is 3.89. The van der Waals surface area contributed by atoms with Gasteiger partial charge in [0.1, 0.15) is 0 Å². The number of fused-ring (bicyclic) bond motifs is 1. The second kappa shape index (κ2) is 7.13. The SMILES string of the molecule is CCn1c(=O)[nH]c2cc(C(=O)N(CCC#N)C(C)C)ccc2c1=O. The first-order valence-corrected chi connectivity index (χ1v) is 7.85. The van der Waals surface area contributed by atoms with Crippen LogP contribution in [0.15, 0.2) is 27.8 Å². The zero-order chi connectivity index (χ0) is 17.9. The Kier molecular flexibility index (Phi) is 5.19. The summed E-state index contributed by atoms with van der Waals surface area (Å²) in [6.45, 7) is 6.07. The number of carbonyl (C=O) groups excluding carboxylic acids is 1. The first-order valence-electron chi connectivity index (χ1n) is 7.85. The molecule has 0 atom stereocenters. The molecule has 0 aliphatic heterocycles. The molecule has 2 rings (SSSR count). The molecule has 1 N–H and O–H groups in total. The molecule has 0 aliphatic carbocycles. The van der Waals surface area contributed by atoms with Gasteiger partial charge < -0.3 is 9.88 Å². The Hall–Kier alpha value is -2.88. The number of nitrogens with zero attached hydrogens (tertiary/aromatic N) is 3. The minimum atomic E-state index is -0.496. The van der Waals surface area contributed by atoms with Gasteiger partial charge in [-0.1, -0.05) is 0 Å². The lowest BCUT2D eigenvalue weighted by molar-refractivity contribution is 0.0710. The second-order valence-corrected chi connectivity index (χ2v) is 5.74. The average molecular weight is 328 g/mol. The summed E-state index contributed by atoms with van der Waals surface area (Å²) in [5.41, 5.74) is -0.159. The fraction of sp³-hybridized carbons (Fsp3) is 0.412. The molecule has 2 aromatic rings. The van der Waals surface area contributed by atoms with Gasteiger partial charge in [-0.05, 0) is 39.0 Å². The number of aromatic amines is 1. The van der Waals surface area contributed by atoms with Crippen molar-refractivity contribution in [1.82, 2.24) is 14.5 Å². The predicted molar refractivity (Wildman–Crippen MR) is 90.9 cm³/mol. The number of hydrogen-bond acceptors (Lipinski definition) is 4. The lowest BCUT2D eigenvalue weighted by atomic mass is 10.1. The minimum Gasteiger partial charge on any atom is -0.335 e. The number of aromatic nitrogens is 2. The largest absolute Gasteiger partial charge is 0.335 e. The molecule has 1 aromatic heterocycles. The quantitative estimate of drug-likeness (QED) is 0.898. The zero-order valence-electron chi connectivity index (χ0n) is 14.0. The number of benzene rings is 1. The molecular formula is C17H20N4O3. The molecule has 1 amide bonds. The Morgan fingerprint density at radius 1 is 1.38 bits per heavy atom. The van der Waals surface area contributed by atoms with Gasteiger partial charge in [-0.2, -0.15) is 5.26 Å². The van der Waals surface area contributed by atoms with Crippen molar-refractivity contribution in [3.63, 3.8) is 0 Å². The normalized spacial score (nSPS) is 10.8. The smallest absolute Gasteiger partial charge is 0.328 e. The third kappa shape index (κ3) is 3.23. The van der Waals surface area contributed by atoms with Gasteiger partial charge in [0.25, 0.3) is 11.5 Å². The van der Waals surface area contributed by atoms with Gasteiger partial charge in [0.15, 0.2) is 0 Å². The van der Waals surface area contributed by atoms with E-state index in [2.05, 4.69) is 4.98 Å². The first kappa shape index (κ1) is 17.5. The molecule has 126 valence electrons. The van der Waals surface area contributed by atoms with E-state index in [1.165, 1.54) is 6.07 Å². The van der Waals surface area contributed by atoms with Crippen LogP contribution in [0.4, 0.5) is 0 Å². The van der Waals surface area contributed by atoms with Crippen LogP contribution in [0, 0.1) is 11.3 Å². The molecule has 0 fully saturated rings. The number of H-pyrrole nitrogens is 1. The van der Waals surface area contributed by atoms with E-state index in [-0.39, 0.29) is 30.5 Å². The Bertz CT molecular complexity index is 918. The van der Waals surface area contributed by atoms with Crippen molar-refractivity contribution in [3.05, 3.63) is 44.6 Å². The maximum atomic E-state index is 12.7. The van der Waals surface area contributed by atoms with Crippen molar-refractivity contribution in [2.45, 2.75) is 39.8 Å². The van der Waals surface area contributed by atoms with Gasteiger partial charge in [0.2, 0.25) is 0 Å². The van der Waals surface area contributed by atoms with Crippen LogP contribution >= 0.6 is 0 Å². The molecule has 0 saturated carbocycles. The maximum absolute atomic E-state index is 12.7. The van der Waals surface area contributed by atoms with E-state index in [0.717, 1.165) is 4.57 Å². The highest BCUT2D eigenvalue weighted by Crippen LogP contribution is 2.14. The molecule has 0 unspecified atom stereocenters. The van der Waals surface area contributed by atoms with Gasteiger partial charge in [-0.3, -0.25) is 14.2 Å². The monoisotopic (exact) mass is 328 g/mol. The summed E-state index contributed by atoms with van der Waals surface area (Å²) < 4.78 is 1.11. The van der Waals surface area contributed by atoms with Gasteiger partial charge in [0.05, 0.1) is 23.4 Å². The van der Waals surface area contributed by atoms with Gasteiger partial charge >= 0.3 is 5.69 Å². The van der Waals surface area contributed by atoms with Crippen molar-refractivity contribution in [3.8, 4) is 6.07 Å². The Morgan fingerprint density at radius 2 is 2.08 bits per heavy atom. The lowest BCUT2D eigenvalue weighted by Crippen LogP contribution is -2.38. The Labute approximate surface area is 139 Å². The molecule has 0 bridgehead atoms. The number of rotatable bonds is 5. The summed E-state index contributed by atoms with van der Waals surface area (Å²) in [7, 11) is 0. The van der Waals surface area contributed by atoms with Gasteiger partial charge in [-0.25, -0.2) is 4.79 Å². The molecule has 7 heteroatoms. The fourth-order valence-corrected chi connectivity index (χ4v) is 2.61. The van der Waals surface area contributed by atoms with Crippen LogP contribution < -0.4 is 11.2 Å². The van der Waals surface area contributed by atoms with Crippen LogP contribution in [-0.4, -0.2) is 32.9 Å². The molecule has 0 radical (unpaired) electrons. The van der Waals surface area contributed by atoms with E-state index in [9.17, 15) is 14.4 Å². The van der Waals surface area contributed by atoms with Crippen molar-refractivity contribution < 1.29 is 4.79 Å². The number of amides is 1. The number of hydrogen-bond donors (Lipinski definition) is 1. The summed E-state index contributed by atoms with van der Waals surface area (Å²) in [5.74, 6) is -0.234. The van der Waals surface area contributed by atoms with Crippen molar-refractivity contribution >= 4 is 16.8 Å². The molecule has 0 spiro atoms. The highest BCUT2D eigenvalue weighted by atomic mass is 16.2. The van der Waals surface area contributed by atoms with Crippen LogP contribution in [0.5, 0.6) is 0 Å². The second-order valence-electron chi connectivity index (χ2n) is 5.74. The summed E-state index contributed by atoms with van der Waals surface area (Å²) in [5, 5.41) is 9.10. The average Bonchev–Trinajstić information content (AvgIpc) is 2.54. The highest BCUT2D eigenvalue weighted by Gasteiger charge is 2.19. The van der Waals surface area contributed by atoms with Crippen LogP contribution in [0.3, 0.4) is 0 Å². The van der Waals surface area contributed by atoms with Crippen LogP contribution in [-0.2, 0) is 6.54 Å². The third-order valence-electron chi connectivity index (χ3n) is 3.89. The van der Waals surface area contributed by atoms with E-state index < -0.39 is 5.69 Å². The molecule has 7 nitrogen and oxygen atoms in total. The van der Waals surface area contributed by atoms with Crippen molar-refractivity contribution in [2.75, 3.05) is 6.54 Å². The van der Waals surface area contributed by atoms with Crippen molar-refractivity contribution in [1.29, 1.82) is 5.26 Å². The molecule has 24 heavy (non-hydrogen) atoms. The molecule has 1 heterocycles. The Balaban J connectivity index is 2.51. The number of nitrogens with one attached hydrogen (secondary N) is 1. The van der Waals surface area contributed by atoms with Crippen LogP contribution in [0.25, 0.3) is 10.9 Å². The predicted octanol–water partition coefficient (Wildman–Crippen LogP) is 1.47. The van der Waals surface area contributed by atoms with Gasteiger partial charge in [0, 0.05) is 24.7 Å². The highest BCUT2D eigenvalue weighted by molar-refractivity contribution is 5.97. The first-order chi connectivity index (χ1) is 11.4. The van der Waals surface area contributed by atoms with Gasteiger partial charge in [-0.15, -0.1) is 0 Å². The number of carbonyl (C=O) groups is 1. The Morgan fingerprint density at radius 3 is 2.67 bits per heavy atom. The molecule has 1 aromatic carbocycles. The summed E-state index contributed by atoms with van der Waals surface area (Å²) >= 11 is 0. The zero-order valence-corrected chi connectivity index (χ0v) is 14.0. The maximum Gasteiger partial charge on any atom is 0.328 e. The van der Waals surface area contributed by atoms with Crippen LogP contribution in [0.2, 0.25) is 0 Å². The van der Waals surface area contributed by atoms with Crippen LogP contribution in [0.1, 0.15) is 37.6 Å². The standard InChI is InChI=1S/C17H20N4O3/c1-4-20-16(23)13-7-6-12(10-14(13)19-17(20)24)15(22)21(11(2)3)9-5-8-18/h6-7,10-11H,4-5,9H2,1-3H3,(H,19,24). The fourth-order valence-electron chi connectivity index (χ4n) is 2.61. The summed E-state index contributed by atoms with van der Waals surface area (Å²) in [6, 6.07) is 6.61. The lowest BCUT2D eigenvalue weighted by Gasteiger charge is -2.26.